The molecule has 0 radical (unpaired) electrons. The normalized spacial score (nSPS) is 18.6. The Morgan fingerprint density at radius 3 is 2.83 bits per heavy atom. The largest absolute Gasteiger partial charge is 0.486 e. The number of nitrogens with one attached hydrogen (secondary N) is 1. The highest BCUT2D eigenvalue weighted by Gasteiger charge is 2.41. The monoisotopic (exact) mass is 397 g/mol. The molecule has 1 aliphatic heterocycles. The molecule has 1 amide bonds. The van der Waals surface area contributed by atoms with Crippen LogP contribution in [0.4, 0.5) is 0 Å². The van der Waals surface area contributed by atoms with E-state index in [0.29, 0.717) is 29.9 Å². The Balaban J connectivity index is 1.35. The molecule has 6 heteroatoms. The van der Waals surface area contributed by atoms with Gasteiger partial charge in [-0.15, -0.1) is 0 Å². The Morgan fingerprint density at radius 1 is 1.24 bits per heavy atom. The van der Waals surface area contributed by atoms with Gasteiger partial charge in [0.1, 0.15) is 22.9 Å². The zero-order valence-electron chi connectivity index (χ0n) is 16.7. The standard InChI is InChI=1S/C23H27NO5/c1-16(12-17-6-5-11-27-17)24-22(26)15-28-18-7-8-19-20(25)14-23(29-21(19)13-18)9-3-2-4-10-23/h5-8,11,13,16H,2-4,9-10,12,14-15H2,1H3,(H,24,26)/t16-/m1/s1. The van der Waals surface area contributed by atoms with Gasteiger partial charge >= 0.3 is 0 Å². The molecule has 1 aromatic carbocycles. The highest BCUT2D eigenvalue weighted by molar-refractivity contribution is 6.00. The number of hydrogen-bond acceptors (Lipinski definition) is 5. The lowest BCUT2D eigenvalue weighted by Crippen LogP contribution is -2.43. The van der Waals surface area contributed by atoms with Gasteiger partial charge in [0.15, 0.2) is 12.4 Å². The minimum absolute atomic E-state index is 0.0621. The van der Waals surface area contributed by atoms with E-state index >= 15 is 0 Å². The topological polar surface area (TPSA) is 77.8 Å². The van der Waals surface area contributed by atoms with Crippen molar-refractivity contribution in [2.24, 2.45) is 0 Å². The average Bonchev–Trinajstić information content (AvgIpc) is 3.19. The minimum atomic E-state index is -0.361. The quantitative estimate of drug-likeness (QED) is 0.795. The molecule has 1 aromatic heterocycles. The smallest absolute Gasteiger partial charge is 0.258 e. The number of furan rings is 1. The van der Waals surface area contributed by atoms with Crippen LogP contribution >= 0.6 is 0 Å². The van der Waals surface area contributed by atoms with Crippen molar-refractivity contribution in [2.45, 2.75) is 63.5 Å². The number of rotatable bonds is 6. The van der Waals surface area contributed by atoms with Crippen molar-refractivity contribution in [2.75, 3.05) is 6.61 Å². The fraction of sp³-hybridized carbons (Fsp3) is 0.478. The summed E-state index contributed by atoms with van der Waals surface area (Å²) in [5.74, 6) is 1.85. The van der Waals surface area contributed by atoms with Gasteiger partial charge in [-0.2, -0.15) is 0 Å². The first-order valence-corrected chi connectivity index (χ1v) is 10.3. The van der Waals surface area contributed by atoms with Crippen LogP contribution in [0.3, 0.4) is 0 Å². The molecule has 1 atom stereocenters. The summed E-state index contributed by atoms with van der Waals surface area (Å²) in [7, 11) is 0. The maximum atomic E-state index is 12.6. The van der Waals surface area contributed by atoms with E-state index in [1.807, 2.05) is 19.1 Å². The van der Waals surface area contributed by atoms with Gasteiger partial charge in [0, 0.05) is 18.5 Å². The van der Waals surface area contributed by atoms with Gasteiger partial charge in [0.05, 0.1) is 18.2 Å². The number of hydrogen-bond donors (Lipinski definition) is 1. The Labute approximate surface area is 170 Å². The molecule has 4 rings (SSSR count). The highest BCUT2D eigenvalue weighted by atomic mass is 16.5. The Bertz CT molecular complexity index is 867. The lowest BCUT2D eigenvalue weighted by atomic mass is 9.78. The van der Waals surface area contributed by atoms with E-state index in [9.17, 15) is 9.59 Å². The molecule has 1 saturated carbocycles. The van der Waals surface area contributed by atoms with Gasteiger partial charge in [-0.25, -0.2) is 0 Å². The summed E-state index contributed by atoms with van der Waals surface area (Å²) in [5.41, 5.74) is 0.240. The maximum absolute atomic E-state index is 12.6. The molecule has 1 spiro atoms. The zero-order valence-corrected chi connectivity index (χ0v) is 16.7. The summed E-state index contributed by atoms with van der Waals surface area (Å²) in [4.78, 5) is 24.8. The molecular formula is C23H27NO5. The highest BCUT2D eigenvalue weighted by Crippen LogP contribution is 2.42. The second-order valence-electron chi connectivity index (χ2n) is 8.14. The van der Waals surface area contributed by atoms with Crippen molar-refractivity contribution in [3.63, 3.8) is 0 Å². The van der Waals surface area contributed by atoms with E-state index in [2.05, 4.69) is 5.32 Å². The minimum Gasteiger partial charge on any atom is -0.486 e. The van der Waals surface area contributed by atoms with Crippen LogP contribution in [-0.4, -0.2) is 29.9 Å². The van der Waals surface area contributed by atoms with E-state index in [1.165, 1.54) is 6.42 Å². The first-order chi connectivity index (χ1) is 14.0. The second-order valence-corrected chi connectivity index (χ2v) is 8.14. The van der Waals surface area contributed by atoms with Crippen molar-refractivity contribution in [1.82, 2.24) is 5.32 Å². The number of ether oxygens (including phenoxy) is 2. The van der Waals surface area contributed by atoms with Crippen LogP contribution in [0.2, 0.25) is 0 Å². The third-order valence-corrected chi connectivity index (χ3v) is 5.69. The average molecular weight is 397 g/mol. The van der Waals surface area contributed by atoms with E-state index in [-0.39, 0.29) is 29.9 Å². The van der Waals surface area contributed by atoms with Crippen molar-refractivity contribution < 1.29 is 23.5 Å². The van der Waals surface area contributed by atoms with Crippen LogP contribution < -0.4 is 14.8 Å². The van der Waals surface area contributed by atoms with Crippen LogP contribution in [0.1, 0.15) is 61.6 Å². The molecule has 2 aromatic rings. The Kier molecular flexibility index (Phi) is 5.60. The third-order valence-electron chi connectivity index (χ3n) is 5.69. The van der Waals surface area contributed by atoms with Gasteiger partial charge < -0.3 is 19.2 Å². The number of amides is 1. The molecule has 2 aliphatic rings. The molecule has 0 unspecified atom stereocenters. The van der Waals surface area contributed by atoms with Crippen LogP contribution in [-0.2, 0) is 11.2 Å². The molecule has 1 fully saturated rings. The van der Waals surface area contributed by atoms with Crippen LogP contribution in [0.15, 0.2) is 41.0 Å². The Morgan fingerprint density at radius 2 is 2.07 bits per heavy atom. The van der Waals surface area contributed by atoms with Gasteiger partial charge in [-0.3, -0.25) is 9.59 Å². The lowest BCUT2D eigenvalue weighted by molar-refractivity contribution is -0.123. The molecular weight excluding hydrogens is 370 g/mol. The maximum Gasteiger partial charge on any atom is 0.258 e. The fourth-order valence-corrected chi connectivity index (χ4v) is 4.29. The number of benzene rings is 1. The van der Waals surface area contributed by atoms with Crippen molar-refractivity contribution in [3.05, 3.63) is 47.9 Å². The van der Waals surface area contributed by atoms with Crippen molar-refractivity contribution in [1.29, 1.82) is 0 Å². The summed E-state index contributed by atoms with van der Waals surface area (Å²) in [6, 6.07) is 8.84. The van der Waals surface area contributed by atoms with Gasteiger partial charge in [0.25, 0.3) is 5.91 Å². The van der Waals surface area contributed by atoms with E-state index < -0.39 is 0 Å². The zero-order chi connectivity index (χ0) is 20.3. The number of carbonyl (C=O) groups excluding carboxylic acids is 2. The number of ketones is 1. The molecule has 0 bridgehead atoms. The predicted molar refractivity (Wildman–Crippen MR) is 107 cm³/mol. The SMILES string of the molecule is C[C@H](Cc1ccco1)NC(=O)COc1ccc2c(c1)OC1(CCCCC1)CC2=O. The van der Waals surface area contributed by atoms with Gasteiger partial charge in [-0.05, 0) is 56.9 Å². The molecule has 0 saturated heterocycles. The van der Waals surface area contributed by atoms with Crippen LogP contribution in [0.25, 0.3) is 0 Å². The molecule has 2 heterocycles. The molecule has 6 nitrogen and oxygen atoms in total. The van der Waals surface area contributed by atoms with E-state index in [1.54, 1.807) is 24.5 Å². The second kappa shape index (κ2) is 8.31. The number of Topliss-reactive ketones (excluding diaryl/α,β-unsaturated/α-hetero) is 1. The first kappa shape index (κ1) is 19.6. The Hall–Kier alpha value is -2.76. The van der Waals surface area contributed by atoms with Gasteiger partial charge in [-0.1, -0.05) is 6.42 Å². The fourth-order valence-electron chi connectivity index (χ4n) is 4.29. The summed E-state index contributed by atoms with van der Waals surface area (Å²) in [5, 5.41) is 2.90. The molecule has 29 heavy (non-hydrogen) atoms. The van der Waals surface area contributed by atoms with E-state index in [4.69, 9.17) is 13.9 Å². The third kappa shape index (κ3) is 4.63. The predicted octanol–water partition coefficient (Wildman–Crippen LogP) is 4.07. The van der Waals surface area contributed by atoms with Crippen molar-refractivity contribution in [3.8, 4) is 11.5 Å². The van der Waals surface area contributed by atoms with Crippen molar-refractivity contribution >= 4 is 11.7 Å². The summed E-state index contributed by atoms with van der Waals surface area (Å²) in [6.07, 6.45) is 7.91. The summed E-state index contributed by atoms with van der Waals surface area (Å²) < 4.78 is 17.2. The molecule has 1 N–H and O–H groups in total. The summed E-state index contributed by atoms with van der Waals surface area (Å²) >= 11 is 0. The lowest BCUT2D eigenvalue weighted by Gasteiger charge is -2.40. The van der Waals surface area contributed by atoms with Gasteiger partial charge in [0.2, 0.25) is 0 Å². The van der Waals surface area contributed by atoms with Crippen LogP contribution in [0, 0.1) is 0 Å². The number of carbonyl (C=O) groups is 2. The summed E-state index contributed by atoms with van der Waals surface area (Å²) in [6.45, 7) is 1.82. The first-order valence-electron chi connectivity index (χ1n) is 10.3. The molecule has 1 aliphatic carbocycles. The number of fused-ring (bicyclic) bond motifs is 1. The van der Waals surface area contributed by atoms with E-state index in [0.717, 1.165) is 31.4 Å². The molecule has 154 valence electrons. The van der Waals surface area contributed by atoms with Crippen LogP contribution in [0.5, 0.6) is 11.5 Å².